The van der Waals surface area contributed by atoms with Gasteiger partial charge in [-0.05, 0) is 35.7 Å². The zero-order valence-corrected chi connectivity index (χ0v) is 22.7. The van der Waals surface area contributed by atoms with Gasteiger partial charge in [-0.15, -0.1) is 0 Å². The normalized spacial score (nSPS) is 12.7. The van der Waals surface area contributed by atoms with Crippen molar-refractivity contribution >= 4 is 65.2 Å². The zero-order chi connectivity index (χ0) is 26.6. The molecule has 0 bridgehead atoms. The van der Waals surface area contributed by atoms with E-state index < -0.39 is 5.92 Å². The Morgan fingerprint density at radius 3 is 1.92 bits per heavy atom. The number of carbonyl (C=O) groups is 2. The van der Waals surface area contributed by atoms with E-state index in [1.54, 1.807) is 14.2 Å². The molecular weight excluding hydrogens is 520 g/mol. The molecule has 2 N–H and O–H groups in total. The maximum Gasteiger partial charge on any atom is 0.230 e. The molecule has 2 aromatic heterocycles. The topological polar surface area (TPSA) is 102 Å². The monoisotopic (exact) mass is 546 g/mol. The highest BCUT2D eigenvalue weighted by Crippen LogP contribution is 2.33. The number of hydrogen-bond donors (Lipinski definition) is 2. The first-order valence-corrected chi connectivity index (χ1v) is 13.6. The maximum absolute atomic E-state index is 13.6. The van der Waals surface area contributed by atoms with Gasteiger partial charge < -0.3 is 20.1 Å². The van der Waals surface area contributed by atoms with Crippen molar-refractivity contribution in [2.24, 2.45) is 5.92 Å². The molecule has 5 rings (SSSR count). The standard InChI is InChI=1S/C28H26N4O4S2/c1-16(17-7-5-4-6-8-17)20(26(34)32-28-30-22-14-19(36-3)10-12-24(22)38-28)15-25(33)31-27-29-21-13-18(35-2)9-11-23(21)37-27/h4-14,16,20H,15H2,1-3H3,(H,29,31,33)(H,30,32,34). The Morgan fingerprint density at radius 1 is 0.816 bits per heavy atom. The lowest BCUT2D eigenvalue weighted by Gasteiger charge is -2.22. The van der Waals surface area contributed by atoms with Gasteiger partial charge in [-0.1, -0.05) is 59.9 Å². The van der Waals surface area contributed by atoms with Crippen molar-refractivity contribution in [3.8, 4) is 11.5 Å². The van der Waals surface area contributed by atoms with Crippen LogP contribution in [-0.4, -0.2) is 36.0 Å². The molecule has 0 aliphatic heterocycles. The average Bonchev–Trinajstić information content (AvgIpc) is 3.53. The maximum atomic E-state index is 13.6. The second-order valence-corrected chi connectivity index (χ2v) is 10.8. The largest absolute Gasteiger partial charge is 0.497 e. The number of carbonyl (C=O) groups excluding carboxylic acids is 2. The van der Waals surface area contributed by atoms with E-state index in [1.165, 1.54) is 22.7 Å². The molecule has 5 aromatic rings. The Kier molecular flexibility index (Phi) is 7.52. The number of rotatable bonds is 9. The van der Waals surface area contributed by atoms with Gasteiger partial charge in [-0.3, -0.25) is 9.59 Å². The number of amides is 2. The minimum absolute atomic E-state index is 0.0140. The fraction of sp³-hybridized carbons (Fsp3) is 0.214. The van der Waals surface area contributed by atoms with Gasteiger partial charge in [0.1, 0.15) is 11.5 Å². The molecule has 0 saturated heterocycles. The van der Waals surface area contributed by atoms with Crippen molar-refractivity contribution in [3.05, 3.63) is 72.3 Å². The van der Waals surface area contributed by atoms with Gasteiger partial charge in [-0.2, -0.15) is 0 Å². The molecule has 0 aliphatic carbocycles. The Balaban J connectivity index is 1.36. The van der Waals surface area contributed by atoms with Crippen LogP contribution >= 0.6 is 22.7 Å². The van der Waals surface area contributed by atoms with Crippen LogP contribution in [0.3, 0.4) is 0 Å². The van der Waals surface area contributed by atoms with E-state index in [0.29, 0.717) is 21.8 Å². The first kappa shape index (κ1) is 25.6. The van der Waals surface area contributed by atoms with E-state index in [4.69, 9.17) is 9.47 Å². The van der Waals surface area contributed by atoms with Crippen LogP contribution in [0.15, 0.2) is 66.7 Å². The number of benzene rings is 3. The summed E-state index contributed by atoms with van der Waals surface area (Å²) in [5, 5.41) is 6.78. The van der Waals surface area contributed by atoms with Gasteiger partial charge in [0, 0.05) is 18.6 Å². The number of ether oxygens (including phenoxy) is 2. The average molecular weight is 547 g/mol. The third-order valence-electron chi connectivity index (χ3n) is 6.34. The van der Waals surface area contributed by atoms with Crippen molar-refractivity contribution < 1.29 is 19.1 Å². The van der Waals surface area contributed by atoms with E-state index in [-0.39, 0.29) is 24.2 Å². The summed E-state index contributed by atoms with van der Waals surface area (Å²) in [6.07, 6.45) is -0.0140. The lowest BCUT2D eigenvalue weighted by Crippen LogP contribution is -2.31. The third kappa shape index (κ3) is 5.61. The van der Waals surface area contributed by atoms with Crippen LogP contribution in [0.5, 0.6) is 11.5 Å². The fourth-order valence-corrected chi connectivity index (χ4v) is 5.94. The van der Waals surface area contributed by atoms with Crippen LogP contribution in [0.1, 0.15) is 24.8 Å². The summed E-state index contributed by atoms with van der Waals surface area (Å²) in [5.74, 6) is -0.00220. The molecule has 8 nitrogen and oxygen atoms in total. The molecule has 2 amide bonds. The summed E-state index contributed by atoms with van der Waals surface area (Å²) in [6, 6.07) is 20.9. The Labute approximate surface area is 227 Å². The predicted molar refractivity (Wildman–Crippen MR) is 153 cm³/mol. The van der Waals surface area contributed by atoms with Crippen molar-refractivity contribution in [2.45, 2.75) is 19.3 Å². The number of fused-ring (bicyclic) bond motifs is 2. The minimum atomic E-state index is -0.631. The molecule has 0 radical (unpaired) electrons. The zero-order valence-electron chi connectivity index (χ0n) is 21.1. The van der Waals surface area contributed by atoms with E-state index in [1.807, 2.05) is 73.7 Å². The summed E-state index contributed by atoms with van der Waals surface area (Å²) in [7, 11) is 3.20. The predicted octanol–water partition coefficient (Wildman–Crippen LogP) is 6.31. The number of anilines is 2. The SMILES string of the molecule is COc1ccc2sc(NC(=O)CC(C(=O)Nc3nc4cc(OC)ccc4s3)C(C)c3ccccc3)nc2c1. The van der Waals surface area contributed by atoms with Gasteiger partial charge in [0.25, 0.3) is 0 Å². The summed E-state index contributed by atoms with van der Waals surface area (Å²) in [4.78, 5) is 35.8. The summed E-state index contributed by atoms with van der Waals surface area (Å²) < 4.78 is 12.4. The number of thiazole rings is 2. The second kappa shape index (κ2) is 11.2. The van der Waals surface area contributed by atoms with E-state index in [9.17, 15) is 9.59 Å². The molecule has 38 heavy (non-hydrogen) atoms. The van der Waals surface area contributed by atoms with Crippen molar-refractivity contribution in [3.63, 3.8) is 0 Å². The van der Waals surface area contributed by atoms with Crippen LogP contribution in [0, 0.1) is 5.92 Å². The molecule has 0 spiro atoms. The van der Waals surface area contributed by atoms with E-state index in [0.717, 1.165) is 26.0 Å². The van der Waals surface area contributed by atoms with Gasteiger partial charge >= 0.3 is 0 Å². The molecule has 0 saturated carbocycles. The Hall–Kier alpha value is -4.02. The minimum Gasteiger partial charge on any atom is -0.497 e. The molecular formula is C28H26N4O4S2. The molecule has 194 valence electrons. The van der Waals surface area contributed by atoms with Crippen LogP contribution in [0.25, 0.3) is 20.4 Å². The number of nitrogens with one attached hydrogen (secondary N) is 2. The van der Waals surface area contributed by atoms with Gasteiger partial charge in [0.15, 0.2) is 10.3 Å². The van der Waals surface area contributed by atoms with Crippen molar-refractivity contribution in [1.82, 2.24) is 9.97 Å². The van der Waals surface area contributed by atoms with Crippen LogP contribution in [0.4, 0.5) is 10.3 Å². The van der Waals surface area contributed by atoms with E-state index in [2.05, 4.69) is 20.6 Å². The lowest BCUT2D eigenvalue weighted by atomic mass is 9.84. The highest BCUT2D eigenvalue weighted by atomic mass is 32.1. The van der Waals surface area contributed by atoms with Crippen molar-refractivity contribution in [1.29, 1.82) is 0 Å². The lowest BCUT2D eigenvalue weighted by molar-refractivity contribution is -0.125. The van der Waals surface area contributed by atoms with Gasteiger partial charge in [-0.25, -0.2) is 9.97 Å². The van der Waals surface area contributed by atoms with Crippen molar-refractivity contribution in [2.75, 3.05) is 24.9 Å². The Bertz CT molecular complexity index is 1600. The molecule has 3 aromatic carbocycles. The second-order valence-electron chi connectivity index (χ2n) is 8.75. The number of methoxy groups -OCH3 is 2. The molecule has 2 atom stereocenters. The first-order valence-electron chi connectivity index (χ1n) is 12.0. The summed E-state index contributed by atoms with van der Waals surface area (Å²) in [5.41, 5.74) is 2.45. The fourth-order valence-electron chi connectivity index (χ4n) is 4.23. The molecule has 0 fully saturated rings. The highest BCUT2D eigenvalue weighted by molar-refractivity contribution is 7.22. The number of hydrogen-bond acceptors (Lipinski definition) is 8. The Morgan fingerprint density at radius 2 is 1.37 bits per heavy atom. The quantitative estimate of drug-likeness (QED) is 0.225. The molecule has 2 heterocycles. The first-order chi connectivity index (χ1) is 18.4. The molecule has 10 heteroatoms. The number of nitrogens with zero attached hydrogens (tertiary/aromatic N) is 2. The van der Waals surface area contributed by atoms with E-state index >= 15 is 0 Å². The summed E-state index contributed by atoms with van der Waals surface area (Å²) in [6.45, 7) is 1.96. The highest BCUT2D eigenvalue weighted by Gasteiger charge is 2.30. The van der Waals surface area contributed by atoms with Gasteiger partial charge in [0.2, 0.25) is 11.8 Å². The van der Waals surface area contributed by atoms with Crippen LogP contribution < -0.4 is 20.1 Å². The number of aromatic nitrogens is 2. The molecule has 0 aliphatic rings. The van der Waals surface area contributed by atoms with Crippen LogP contribution in [0.2, 0.25) is 0 Å². The smallest absolute Gasteiger partial charge is 0.230 e. The summed E-state index contributed by atoms with van der Waals surface area (Å²) >= 11 is 2.75. The van der Waals surface area contributed by atoms with Gasteiger partial charge in [0.05, 0.1) is 40.6 Å². The third-order valence-corrected chi connectivity index (χ3v) is 8.24. The van der Waals surface area contributed by atoms with Crippen LogP contribution in [-0.2, 0) is 9.59 Å². The molecule has 2 unspecified atom stereocenters.